The van der Waals surface area contributed by atoms with E-state index in [1.807, 2.05) is 0 Å². The summed E-state index contributed by atoms with van der Waals surface area (Å²) >= 11 is 0. The Kier molecular flexibility index (Phi) is 7.75. The van der Waals surface area contributed by atoms with Crippen molar-refractivity contribution in [2.45, 2.75) is 13.1 Å². The number of carbonyl (C=O) groups is 1. The van der Waals surface area contributed by atoms with Gasteiger partial charge in [0.2, 0.25) is 5.91 Å². The molecule has 0 aromatic heterocycles. The van der Waals surface area contributed by atoms with Gasteiger partial charge in [0.05, 0.1) is 24.8 Å². The summed E-state index contributed by atoms with van der Waals surface area (Å²) < 4.78 is 23.7. The molecule has 2 aromatic carbocycles. The van der Waals surface area contributed by atoms with E-state index in [0.717, 1.165) is 5.56 Å². The van der Waals surface area contributed by atoms with Crippen LogP contribution in [-0.2, 0) is 27.4 Å². The van der Waals surface area contributed by atoms with Gasteiger partial charge in [0.25, 0.3) is 0 Å². The molecule has 0 atom stereocenters. The molecule has 0 aliphatic carbocycles. The Balaban J connectivity index is 2.08. The molecule has 2 aromatic rings. The highest BCUT2D eigenvalue weighted by Crippen LogP contribution is 2.13. The minimum Gasteiger partial charge on any atom is -0.382 e. The van der Waals surface area contributed by atoms with Crippen molar-refractivity contribution in [2.24, 2.45) is 0 Å². The number of hydrogen-bond donors (Lipinski definition) is 0. The van der Waals surface area contributed by atoms with Gasteiger partial charge in [0.1, 0.15) is 12.4 Å². The average molecular weight is 356 g/mol. The van der Waals surface area contributed by atoms with Crippen LogP contribution in [0.5, 0.6) is 0 Å². The Morgan fingerprint density at radius 2 is 1.85 bits per heavy atom. The molecule has 0 radical (unpaired) electrons. The third-order valence-electron chi connectivity index (χ3n) is 3.73. The Bertz CT molecular complexity index is 756. The van der Waals surface area contributed by atoms with E-state index in [0.29, 0.717) is 30.9 Å². The zero-order valence-corrected chi connectivity index (χ0v) is 14.7. The van der Waals surface area contributed by atoms with Gasteiger partial charge < -0.3 is 14.4 Å². The molecule has 0 heterocycles. The minimum atomic E-state index is -0.343. The molecule has 26 heavy (non-hydrogen) atoms. The third-order valence-corrected chi connectivity index (χ3v) is 3.73. The van der Waals surface area contributed by atoms with Crippen molar-refractivity contribution in [2.75, 3.05) is 26.9 Å². The first-order valence-corrected chi connectivity index (χ1v) is 8.20. The summed E-state index contributed by atoms with van der Waals surface area (Å²) in [7, 11) is 1.56. The smallest absolute Gasteiger partial charge is 0.249 e. The van der Waals surface area contributed by atoms with E-state index >= 15 is 0 Å². The van der Waals surface area contributed by atoms with Crippen LogP contribution in [0.25, 0.3) is 0 Å². The van der Waals surface area contributed by atoms with Gasteiger partial charge in [-0.05, 0) is 35.4 Å². The molecule has 0 unspecified atom stereocenters. The van der Waals surface area contributed by atoms with Crippen molar-refractivity contribution in [1.29, 1.82) is 5.26 Å². The van der Waals surface area contributed by atoms with Crippen LogP contribution in [0.1, 0.15) is 16.7 Å². The molecule has 0 fully saturated rings. The van der Waals surface area contributed by atoms with Crippen LogP contribution in [0.15, 0.2) is 48.5 Å². The lowest BCUT2D eigenvalue weighted by molar-refractivity contribution is -0.137. The van der Waals surface area contributed by atoms with Crippen LogP contribution in [-0.4, -0.2) is 37.7 Å². The zero-order chi connectivity index (χ0) is 18.8. The highest BCUT2D eigenvalue weighted by molar-refractivity contribution is 5.77. The Labute approximate surface area is 152 Å². The molecule has 0 aliphatic heterocycles. The summed E-state index contributed by atoms with van der Waals surface area (Å²) in [6.07, 6.45) is 0. The predicted molar refractivity (Wildman–Crippen MR) is 94.5 cm³/mol. The summed E-state index contributed by atoms with van der Waals surface area (Å²) in [4.78, 5) is 14.1. The largest absolute Gasteiger partial charge is 0.382 e. The van der Waals surface area contributed by atoms with Gasteiger partial charge >= 0.3 is 0 Å². The fraction of sp³-hybridized carbons (Fsp3) is 0.300. The number of nitriles is 1. The molecule has 6 heteroatoms. The van der Waals surface area contributed by atoms with E-state index < -0.39 is 0 Å². The van der Waals surface area contributed by atoms with Gasteiger partial charge in [0, 0.05) is 20.2 Å². The number of methoxy groups -OCH3 is 1. The number of ether oxygens (including phenoxy) is 2. The monoisotopic (exact) mass is 356 g/mol. The van der Waals surface area contributed by atoms with Gasteiger partial charge in [-0.25, -0.2) is 4.39 Å². The summed E-state index contributed by atoms with van der Waals surface area (Å²) in [5, 5.41) is 8.88. The molecule has 0 saturated heterocycles. The van der Waals surface area contributed by atoms with Gasteiger partial charge in [-0.15, -0.1) is 0 Å². The van der Waals surface area contributed by atoms with Crippen molar-refractivity contribution in [3.8, 4) is 6.07 Å². The van der Waals surface area contributed by atoms with Crippen LogP contribution in [0.2, 0.25) is 0 Å². The maximum absolute atomic E-state index is 13.4. The quantitative estimate of drug-likeness (QED) is 0.648. The van der Waals surface area contributed by atoms with E-state index in [1.165, 1.54) is 12.1 Å². The molecule has 0 bridgehead atoms. The second-order valence-electron chi connectivity index (χ2n) is 5.73. The van der Waals surface area contributed by atoms with E-state index in [-0.39, 0.29) is 24.9 Å². The van der Waals surface area contributed by atoms with Crippen LogP contribution in [0, 0.1) is 17.1 Å². The maximum Gasteiger partial charge on any atom is 0.249 e. The fourth-order valence-corrected chi connectivity index (χ4v) is 2.39. The Hall–Kier alpha value is -2.75. The summed E-state index contributed by atoms with van der Waals surface area (Å²) in [6, 6.07) is 15.2. The Morgan fingerprint density at radius 1 is 1.12 bits per heavy atom. The standard InChI is InChI=1S/C20H21FN2O3/c1-25-9-10-26-15-20(24)23(14-18-3-2-4-19(21)11-18)13-17-7-5-16(12-22)6-8-17/h2-8,11H,9-10,13-15H2,1H3. The summed E-state index contributed by atoms with van der Waals surface area (Å²) in [6.45, 7) is 1.27. The highest BCUT2D eigenvalue weighted by atomic mass is 19.1. The first-order chi connectivity index (χ1) is 12.6. The predicted octanol–water partition coefficient (Wildman–Crippen LogP) is 2.89. The minimum absolute atomic E-state index is 0.0744. The molecule has 0 saturated carbocycles. The molecule has 0 spiro atoms. The van der Waals surface area contributed by atoms with E-state index in [9.17, 15) is 9.18 Å². The van der Waals surface area contributed by atoms with Crippen molar-refractivity contribution in [1.82, 2.24) is 4.90 Å². The second kappa shape index (κ2) is 10.3. The molecular weight excluding hydrogens is 335 g/mol. The molecule has 136 valence electrons. The lowest BCUT2D eigenvalue weighted by Gasteiger charge is -2.23. The van der Waals surface area contributed by atoms with Crippen molar-refractivity contribution in [3.63, 3.8) is 0 Å². The fourth-order valence-electron chi connectivity index (χ4n) is 2.39. The zero-order valence-electron chi connectivity index (χ0n) is 14.7. The first-order valence-electron chi connectivity index (χ1n) is 8.20. The van der Waals surface area contributed by atoms with Crippen molar-refractivity contribution < 1.29 is 18.7 Å². The normalized spacial score (nSPS) is 10.3. The summed E-state index contributed by atoms with van der Waals surface area (Å²) in [5.74, 6) is -0.542. The van der Waals surface area contributed by atoms with Crippen LogP contribution >= 0.6 is 0 Å². The molecule has 1 amide bonds. The maximum atomic E-state index is 13.4. The second-order valence-corrected chi connectivity index (χ2v) is 5.73. The van der Waals surface area contributed by atoms with Crippen molar-refractivity contribution >= 4 is 5.91 Å². The van der Waals surface area contributed by atoms with Crippen LogP contribution < -0.4 is 0 Å². The number of rotatable bonds is 9. The Morgan fingerprint density at radius 3 is 2.50 bits per heavy atom. The number of hydrogen-bond acceptors (Lipinski definition) is 4. The van der Waals surface area contributed by atoms with Crippen LogP contribution in [0.3, 0.4) is 0 Å². The number of nitrogens with zero attached hydrogens (tertiary/aromatic N) is 2. The van der Waals surface area contributed by atoms with Gasteiger partial charge in [-0.3, -0.25) is 4.79 Å². The van der Waals surface area contributed by atoms with Gasteiger partial charge in [-0.2, -0.15) is 5.26 Å². The van der Waals surface area contributed by atoms with E-state index in [4.69, 9.17) is 14.7 Å². The number of halogens is 1. The number of amides is 1. The lowest BCUT2D eigenvalue weighted by Crippen LogP contribution is -2.33. The number of carbonyl (C=O) groups excluding carboxylic acids is 1. The topological polar surface area (TPSA) is 62.6 Å². The lowest BCUT2D eigenvalue weighted by atomic mass is 10.1. The van der Waals surface area contributed by atoms with E-state index in [1.54, 1.807) is 48.4 Å². The van der Waals surface area contributed by atoms with E-state index in [2.05, 4.69) is 6.07 Å². The van der Waals surface area contributed by atoms with Gasteiger partial charge in [-0.1, -0.05) is 24.3 Å². The molecule has 0 aliphatic rings. The molecule has 0 N–H and O–H groups in total. The SMILES string of the molecule is COCCOCC(=O)N(Cc1ccc(C#N)cc1)Cc1cccc(F)c1. The average Bonchev–Trinajstić information content (AvgIpc) is 2.65. The first kappa shape index (κ1) is 19.6. The number of benzene rings is 2. The van der Waals surface area contributed by atoms with Crippen LogP contribution in [0.4, 0.5) is 4.39 Å². The van der Waals surface area contributed by atoms with Crippen molar-refractivity contribution in [3.05, 3.63) is 71.0 Å². The van der Waals surface area contributed by atoms with Gasteiger partial charge in [0.15, 0.2) is 0 Å². The highest BCUT2D eigenvalue weighted by Gasteiger charge is 2.15. The summed E-state index contributed by atoms with van der Waals surface area (Å²) in [5.41, 5.74) is 2.13. The molecule has 5 nitrogen and oxygen atoms in total. The third kappa shape index (κ3) is 6.28. The molecular formula is C20H21FN2O3. The molecule has 2 rings (SSSR count).